The lowest BCUT2D eigenvalue weighted by Crippen LogP contribution is -2.20. The monoisotopic (exact) mass is 398 g/mol. The molecule has 0 aliphatic heterocycles. The summed E-state index contributed by atoms with van der Waals surface area (Å²) in [5.41, 5.74) is 2.47. The fourth-order valence-corrected chi connectivity index (χ4v) is 2.54. The molecular weight excluding hydrogens is 381 g/mol. The van der Waals surface area contributed by atoms with Gasteiger partial charge in [-0.05, 0) is 41.5 Å². The van der Waals surface area contributed by atoms with Crippen LogP contribution in [0, 0.1) is 0 Å². The highest BCUT2D eigenvalue weighted by Gasteiger charge is 2.30. The molecule has 3 aromatic rings. The summed E-state index contributed by atoms with van der Waals surface area (Å²) in [7, 11) is 0. The van der Waals surface area contributed by atoms with Gasteiger partial charge in [-0.25, -0.2) is 5.43 Å². The summed E-state index contributed by atoms with van der Waals surface area (Å²) >= 11 is 0. The Labute approximate surface area is 165 Å². The predicted molar refractivity (Wildman–Crippen MR) is 104 cm³/mol. The number of alkyl halides is 3. The van der Waals surface area contributed by atoms with E-state index in [2.05, 4.69) is 10.5 Å². The third-order valence-corrected chi connectivity index (χ3v) is 3.86. The van der Waals surface area contributed by atoms with E-state index in [4.69, 9.17) is 4.74 Å². The van der Waals surface area contributed by atoms with E-state index in [0.29, 0.717) is 17.1 Å². The number of hydrogen-bond acceptors (Lipinski definition) is 3. The Morgan fingerprint density at radius 2 is 1.66 bits per heavy atom. The molecule has 0 aliphatic carbocycles. The van der Waals surface area contributed by atoms with Crippen molar-refractivity contribution in [3.8, 4) is 11.5 Å². The topological polar surface area (TPSA) is 50.7 Å². The summed E-state index contributed by atoms with van der Waals surface area (Å²) < 4.78 is 43.9. The second-order valence-electron chi connectivity index (χ2n) is 6.16. The maximum atomic E-state index is 12.7. The average Bonchev–Trinajstić information content (AvgIpc) is 2.69. The van der Waals surface area contributed by atoms with Crippen molar-refractivity contribution in [2.45, 2.75) is 12.6 Å². The van der Waals surface area contributed by atoms with Crippen LogP contribution in [-0.4, -0.2) is 12.1 Å². The van der Waals surface area contributed by atoms with Crippen LogP contribution in [0.5, 0.6) is 11.5 Å². The van der Waals surface area contributed by atoms with E-state index in [-0.39, 0.29) is 12.0 Å². The SMILES string of the molecule is O=C(Cc1cccc(C(F)(F)F)c1)N/N=C\c1cccc(Oc2ccccc2)c1. The molecule has 0 radical (unpaired) electrons. The summed E-state index contributed by atoms with van der Waals surface area (Å²) in [6.07, 6.45) is -3.22. The van der Waals surface area contributed by atoms with Gasteiger partial charge in [0.15, 0.2) is 0 Å². The van der Waals surface area contributed by atoms with Crippen LogP contribution in [0.1, 0.15) is 16.7 Å². The number of carbonyl (C=O) groups excluding carboxylic acids is 1. The van der Waals surface area contributed by atoms with Crippen molar-refractivity contribution >= 4 is 12.1 Å². The molecule has 0 spiro atoms. The van der Waals surface area contributed by atoms with Crippen LogP contribution in [0.4, 0.5) is 13.2 Å². The van der Waals surface area contributed by atoms with Gasteiger partial charge in [-0.3, -0.25) is 4.79 Å². The summed E-state index contributed by atoms with van der Waals surface area (Å²) in [4.78, 5) is 11.9. The normalized spacial score (nSPS) is 11.4. The largest absolute Gasteiger partial charge is 0.457 e. The van der Waals surface area contributed by atoms with E-state index in [0.717, 1.165) is 12.1 Å². The van der Waals surface area contributed by atoms with Crippen molar-refractivity contribution in [3.05, 3.63) is 95.6 Å². The minimum Gasteiger partial charge on any atom is -0.457 e. The van der Waals surface area contributed by atoms with Gasteiger partial charge in [0, 0.05) is 0 Å². The van der Waals surface area contributed by atoms with Gasteiger partial charge in [-0.15, -0.1) is 0 Å². The first-order valence-electron chi connectivity index (χ1n) is 8.71. The van der Waals surface area contributed by atoms with E-state index in [1.165, 1.54) is 18.3 Å². The first-order chi connectivity index (χ1) is 13.9. The Kier molecular flexibility index (Phi) is 6.29. The van der Waals surface area contributed by atoms with E-state index in [9.17, 15) is 18.0 Å². The number of rotatable bonds is 6. The molecule has 0 fully saturated rings. The summed E-state index contributed by atoms with van der Waals surface area (Å²) in [5.74, 6) is 0.781. The summed E-state index contributed by atoms with van der Waals surface area (Å²) in [5, 5.41) is 3.85. The molecule has 148 valence electrons. The first-order valence-corrected chi connectivity index (χ1v) is 8.71. The molecule has 0 saturated heterocycles. The minimum atomic E-state index is -4.45. The third-order valence-electron chi connectivity index (χ3n) is 3.86. The molecule has 0 aromatic heterocycles. The number of nitrogens with one attached hydrogen (secondary N) is 1. The van der Waals surface area contributed by atoms with Gasteiger partial charge in [-0.1, -0.05) is 48.5 Å². The van der Waals surface area contributed by atoms with Gasteiger partial charge in [-0.2, -0.15) is 18.3 Å². The van der Waals surface area contributed by atoms with Crippen molar-refractivity contribution in [1.82, 2.24) is 5.43 Å². The second-order valence-corrected chi connectivity index (χ2v) is 6.16. The lowest BCUT2D eigenvalue weighted by Gasteiger charge is -2.08. The second kappa shape index (κ2) is 9.05. The smallest absolute Gasteiger partial charge is 0.416 e. The Morgan fingerprint density at radius 1 is 0.931 bits per heavy atom. The van der Waals surface area contributed by atoms with Crippen LogP contribution >= 0.6 is 0 Å². The zero-order valence-electron chi connectivity index (χ0n) is 15.2. The molecule has 3 aromatic carbocycles. The number of benzene rings is 3. The van der Waals surface area contributed by atoms with Gasteiger partial charge in [0.1, 0.15) is 11.5 Å². The van der Waals surface area contributed by atoms with Gasteiger partial charge in [0.25, 0.3) is 0 Å². The summed E-state index contributed by atoms with van der Waals surface area (Å²) in [6.45, 7) is 0. The van der Waals surface area contributed by atoms with Crippen LogP contribution in [0.3, 0.4) is 0 Å². The Morgan fingerprint density at radius 3 is 2.41 bits per heavy atom. The fourth-order valence-electron chi connectivity index (χ4n) is 2.54. The maximum Gasteiger partial charge on any atom is 0.416 e. The lowest BCUT2D eigenvalue weighted by molar-refractivity contribution is -0.137. The number of amides is 1. The number of ether oxygens (including phenoxy) is 1. The zero-order valence-corrected chi connectivity index (χ0v) is 15.2. The molecule has 0 atom stereocenters. The van der Waals surface area contributed by atoms with E-state index >= 15 is 0 Å². The molecule has 0 aliphatic rings. The molecule has 29 heavy (non-hydrogen) atoms. The summed E-state index contributed by atoms with van der Waals surface area (Å²) in [6, 6.07) is 21.0. The fraction of sp³-hybridized carbons (Fsp3) is 0.0909. The van der Waals surface area contributed by atoms with Gasteiger partial charge in [0.2, 0.25) is 5.91 Å². The highest BCUT2D eigenvalue weighted by molar-refractivity contribution is 5.83. The lowest BCUT2D eigenvalue weighted by atomic mass is 10.1. The Balaban J connectivity index is 1.57. The third kappa shape index (κ3) is 6.21. The molecule has 0 unspecified atom stereocenters. The number of carbonyl (C=O) groups is 1. The molecule has 0 bridgehead atoms. The first kappa shape index (κ1) is 20.1. The molecule has 3 rings (SSSR count). The van der Waals surface area contributed by atoms with Gasteiger partial charge in [0.05, 0.1) is 18.2 Å². The maximum absolute atomic E-state index is 12.7. The van der Waals surface area contributed by atoms with Crippen LogP contribution in [-0.2, 0) is 17.4 Å². The van der Waals surface area contributed by atoms with Crippen molar-refractivity contribution in [2.75, 3.05) is 0 Å². The predicted octanol–water partition coefficient (Wildman–Crippen LogP) is 5.19. The highest BCUT2D eigenvalue weighted by Crippen LogP contribution is 2.29. The van der Waals surface area contributed by atoms with E-state index < -0.39 is 17.6 Å². The molecular formula is C22H17F3N2O2. The number of para-hydroxylation sites is 1. The van der Waals surface area contributed by atoms with Crippen molar-refractivity contribution < 1.29 is 22.7 Å². The molecule has 0 heterocycles. The standard InChI is InChI=1S/C22H17F3N2O2/c23-22(24,25)18-8-4-6-16(12-18)14-21(28)27-26-15-17-7-5-11-20(13-17)29-19-9-2-1-3-10-19/h1-13,15H,14H2,(H,27,28)/b26-15-. The van der Waals surface area contributed by atoms with Crippen molar-refractivity contribution in [1.29, 1.82) is 0 Å². The zero-order chi connectivity index (χ0) is 20.7. The van der Waals surface area contributed by atoms with Gasteiger partial charge >= 0.3 is 6.18 Å². The number of hydrogen-bond donors (Lipinski definition) is 1. The van der Waals surface area contributed by atoms with E-state index in [1.807, 2.05) is 30.3 Å². The van der Waals surface area contributed by atoms with Crippen molar-refractivity contribution in [2.24, 2.45) is 5.10 Å². The molecule has 1 amide bonds. The number of nitrogens with zero attached hydrogens (tertiary/aromatic N) is 1. The molecule has 0 saturated carbocycles. The van der Waals surface area contributed by atoms with Crippen LogP contribution in [0.15, 0.2) is 84.0 Å². The Bertz CT molecular complexity index is 1000. The van der Waals surface area contributed by atoms with Crippen LogP contribution in [0.25, 0.3) is 0 Å². The average molecular weight is 398 g/mol. The van der Waals surface area contributed by atoms with Crippen LogP contribution < -0.4 is 10.2 Å². The molecule has 7 heteroatoms. The quantitative estimate of drug-likeness (QED) is 0.459. The van der Waals surface area contributed by atoms with E-state index in [1.54, 1.807) is 24.3 Å². The van der Waals surface area contributed by atoms with Crippen molar-refractivity contribution in [3.63, 3.8) is 0 Å². The highest BCUT2D eigenvalue weighted by atomic mass is 19.4. The Hall–Kier alpha value is -3.61. The number of halogens is 3. The molecule has 4 nitrogen and oxygen atoms in total. The van der Waals surface area contributed by atoms with Gasteiger partial charge < -0.3 is 4.74 Å². The van der Waals surface area contributed by atoms with Crippen LogP contribution in [0.2, 0.25) is 0 Å². The number of hydrazone groups is 1. The molecule has 1 N–H and O–H groups in total. The minimum absolute atomic E-state index is 0.210.